The summed E-state index contributed by atoms with van der Waals surface area (Å²) in [5.41, 5.74) is 3.75. The van der Waals surface area contributed by atoms with Crippen LogP contribution in [0.15, 0.2) is 29.3 Å². The molecular formula is C28H51NO. The topological polar surface area (TPSA) is 32.6 Å². The summed E-state index contributed by atoms with van der Waals surface area (Å²) in [6, 6.07) is 0. The Morgan fingerprint density at radius 1 is 1.00 bits per heavy atom. The van der Waals surface area contributed by atoms with Gasteiger partial charge in [-0.2, -0.15) is 0 Å². The highest BCUT2D eigenvalue weighted by Crippen LogP contribution is 2.46. The molecule has 3 unspecified atom stereocenters. The molecule has 0 aromatic rings. The Morgan fingerprint density at radius 2 is 1.53 bits per heavy atom. The van der Waals surface area contributed by atoms with Crippen LogP contribution in [0.2, 0.25) is 0 Å². The summed E-state index contributed by atoms with van der Waals surface area (Å²) in [6.07, 6.45) is 4.83. The molecule has 0 aromatic heterocycles. The molecule has 0 heterocycles. The average Bonchev–Trinajstić information content (AvgIpc) is 2.69. The summed E-state index contributed by atoms with van der Waals surface area (Å²) in [5.74, 6) is 1.65. The van der Waals surface area contributed by atoms with E-state index < -0.39 is 6.10 Å². The summed E-state index contributed by atoms with van der Waals surface area (Å²) in [7, 11) is 1.90. The molecule has 0 bridgehead atoms. The first kappa shape index (κ1) is 27.1. The number of allylic oxidation sites excluding steroid dienone is 2. The molecule has 0 aromatic carbocycles. The standard InChI is InChI=1S/C28H51NO/c1-13-24-16-19(4)22(7)18(3)15-21(6)28(11,14-2)17-20(5)25(29-12)23(8)26(30)27(24,9)10/h20-24,26,30H,3-4,13-17H2,1-2,5-12H3/t20-,21-,22?,23?,24+,26?,28-/m1/s1. The van der Waals surface area contributed by atoms with E-state index >= 15 is 0 Å². The highest BCUT2D eigenvalue weighted by Gasteiger charge is 2.42. The molecule has 0 aliphatic heterocycles. The molecule has 30 heavy (non-hydrogen) atoms. The van der Waals surface area contributed by atoms with Crippen molar-refractivity contribution in [3.05, 3.63) is 24.3 Å². The third-order valence-electron chi connectivity index (χ3n) is 9.08. The second-order valence-corrected chi connectivity index (χ2v) is 11.3. The second-order valence-electron chi connectivity index (χ2n) is 11.3. The minimum Gasteiger partial charge on any atom is -0.392 e. The van der Waals surface area contributed by atoms with Gasteiger partial charge in [-0.05, 0) is 53.8 Å². The average molecular weight is 418 g/mol. The van der Waals surface area contributed by atoms with Gasteiger partial charge in [-0.1, -0.05) is 99.5 Å². The summed E-state index contributed by atoms with van der Waals surface area (Å²) < 4.78 is 0. The van der Waals surface area contributed by atoms with Crippen molar-refractivity contribution in [2.75, 3.05) is 7.05 Å². The highest BCUT2D eigenvalue weighted by molar-refractivity contribution is 5.89. The SMILES string of the molecule is C=C1C[C@H](CC)C(C)(C)C(O)C(C)C(=NC)[C@H](C)C[C@@](C)(CC)[C@H](C)CC(=C)C1C. The summed E-state index contributed by atoms with van der Waals surface area (Å²) in [5, 5.41) is 11.6. The van der Waals surface area contributed by atoms with Crippen LogP contribution < -0.4 is 0 Å². The molecule has 7 atom stereocenters. The fourth-order valence-corrected chi connectivity index (χ4v) is 5.95. The van der Waals surface area contributed by atoms with Crippen molar-refractivity contribution in [3.63, 3.8) is 0 Å². The van der Waals surface area contributed by atoms with Gasteiger partial charge in [-0.15, -0.1) is 0 Å². The molecular weight excluding hydrogens is 366 g/mol. The van der Waals surface area contributed by atoms with Crippen LogP contribution in [-0.4, -0.2) is 24.0 Å². The maximum absolute atomic E-state index is 11.6. The van der Waals surface area contributed by atoms with E-state index in [4.69, 9.17) is 4.99 Å². The lowest BCUT2D eigenvalue weighted by Gasteiger charge is -2.44. The number of nitrogens with zero attached hydrogens (tertiary/aromatic N) is 1. The lowest BCUT2D eigenvalue weighted by molar-refractivity contribution is -0.0156. The van der Waals surface area contributed by atoms with Crippen molar-refractivity contribution in [1.82, 2.24) is 0 Å². The molecule has 1 aliphatic carbocycles. The number of hydrogen-bond donors (Lipinski definition) is 1. The summed E-state index contributed by atoms with van der Waals surface area (Å²) in [4.78, 5) is 4.73. The van der Waals surface area contributed by atoms with E-state index in [-0.39, 0.29) is 16.7 Å². The molecule has 1 saturated carbocycles. The van der Waals surface area contributed by atoms with Crippen molar-refractivity contribution in [1.29, 1.82) is 0 Å². The third kappa shape index (κ3) is 5.67. The summed E-state index contributed by atoms with van der Waals surface area (Å²) in [6.45, 7) is 29.6. The third-order valence-corrected chi connectivity index (χ3v) is 9.08. The highest BCUT2D eigenvalue weighted by atomic mass is 16.3. The normalized spacial score (nSPS) is 41.0. The van der Waals surface area contributed by atoms with Gasteiger partial charge in [0.15, 0.2) is 0 Å². The van der Waals surface area contributed by atoms with Crippen molar-refractivity contribution in [2.45, 2.75) is 101 Å². The summed E-state index contributed by atoms with van der Waals surface area (Å²) >= 11 is 0. The van der Waals surface area contributed by atoms with Gasteiger partial charge in [-0.3, -0.25) is 4.99 Å². The largest absolute Gasteiger partial charge is 0.392 e. The predicted octanol–water partition coefficient (Wildman–Crippen LogP) is 7.73. The van der Waals surface area contributed by atoms with Gasteiger partial charge < -0.3 is 5.11 Å². The Bertz CT molecular complexity index is 631. The zero-order valence-corrected chi connectivity index (χ0v) is 21.8. The predicted molar refractivity (Wildman–Crippen MR) is 134 cm³/mol. The van der Waals surface area contributed by atoms with E-state index in [2.05, 4.69) is 75.5 Å². The molecule has 1 fully saturated rings. The Morgan fingerprint density at radius 3 is 2.00 bits per heavy atom. The lowest BCUT2D eigenvalue weighted by atomic mass is 9.62. The van der Waals surface area contributed by atoms with Crippen molar-refractivity contribution in [2.24, 2.45) is 45.4 Å². The van der Waals surface area contributed by atoms with Gasteiger partial charge in [0.05, 0.1) is 6.10 Å². The molecule has 0 saturated heterocycles. The lowest BCUT2D eigenvalue weighted by Crippen LogP contribution is -2.45. The molecule has 2 nitrogen and oxygen atoms in total. The smallest absolute Gasteiger partial charge is 0.0671 e. The quantitative estimate of drug-likeness (QED) is 0.458. The number of rotatable bonds is 2. The van der Waals surface area contributed by atoms with Gasteiger partial charge >= 0.3 is 0 Å². The van der Waals surface area contributed by atoms with Gasteiger partial charge in [0, 0.05) is 18.7 Å². The van der Waals surface area contributed by atoms with Crippen LogP contribution in [0.1, 0.15) is 94.4 Å². The number of aliphatic hydroxyl groups is 1. The van der Waals surface area contributed by atoms with Crippen LogP contribution in [0.25, 0.3) is 0 Å². The van der Waals surface area contributed by atoms with E-state index in [0.29, 0.717) is 23.7 Å². The molecule has 0 spiro atoms. The first-order valence-corrected chi connectivity index (χ1v) is 12.3. The van der Waals surface area contributed by atoms with E-state index in [1.54, 1.807) is 0 Å². The van der Waals surface area contributed by atoms with Crippen LogP contribution in [0.5, 0.6) is 0 Å². The number of aliphatic imine (C=N–C) groups is 1. The van der Waals surface area contributed by atoms with Gasteiger partial charge in [0.1, 0.15) is 0 Å². The first-order chi connectivity index (χ1) is 13.8. The minimum absolute atomic E-state index is 0.0501. The Hall–Kier alpha value is -0.890. The van der Waals surface area contributed by atoms with Crippen LogP contribution in [0.4, 0.5) is 0 Å². The minimum atomic E-state index is -0.428. The number of aliphatic hydroxyl groups excluding tert-OH is 1. The zero-order chi connectivity index (χ0) is 23.4. The Labute approximate surface area is 188 Å². The second kappa shape index (κ2) is 10.6. The maximum atomic E-state index is 11.6. The van der Waals surface area contributed by atoms with Gasteiger partial charge in [-0.25, -0.2) is 0 Å². The first-order valence-electron chi connectivity index (χ1n) is 12.3. The molecule has 2 heteroatoms. The van der Waals surface area contributed by atoms with Gasteiger partial charge in [0.2, 0.25) is 0 Å². The van der Waals surface area contributed by atoms with Crippen molar-refractivity contribution >= 4 is 5.71 Å². The zero-order valence-electron chi connectivity index (χ0n) is 21.8. The molecule has 1 N–H and O–H groups in total. The fraction of sp³-hybridized carbons (Fsp3) is 0.821. The van der Waals surface area contributed by atoms with E-state index in [0.717, 1.165) is 32.1 Å². The van der Waals surface area contributed by atoms with Crippen LogP contribution >= 0.6 is 0 Å². The van der Waals surface area contributed by atoms with Crippen LogP contribution in [0, 0.1) is 40.4 Å². The van der Waals surface area contributed by atoms with Crippen LogP contribution in [-0.2, 0) is 0 Å². The molecule has 0 radical (unpaired) electrons. The fourth-order valence-electron chi connectivity index (χ4n) is 5.95. The van der Waals surface area contributed by atoms with Crippen molar-refractivity contribution < 1.29 is 5.11 Å². The monoisotopic (exact) mass is 417 g/mol. The number of hydrogen-bond acceptors (Lipinski definition) is 2. The molecule has 0 amide bonds. The van der Waals surface area contributed by atoms with E-state index in [9.17, 15) is 5.11 Å². The van der Waals surface area contributed by atoms with E-state index in [1.165, 1.54) is 16.9 Å². The molecule has 1 aliphatic rings. The Balaban J connectivity index is 3.48. The van der Waals surface area contributed by atoms with E-state index in [1.807, 2.05) is 7.05 Å². The Kier molecular flexibility index (Phi) is 9.61. The van der Waals surface area contributed by atoms with Gasteiger partial charge in [0.25, 0.3) is 0 Å². The maximum Gasteiger partial charge on any atom is 0.0671 e. The van der Waals surface area contributed by atoms with Crippen molar-refractivity contribution in [3.8, 4) is 0 Å². The molecule has 1 rings (SSSR count). The molecule has 174 valence electrons. The van der Waals surface area contributed by atoms with Crippen LogP contribution in [0.3, 0.4) is 0 Å².